The predicted octanol–water partition coefficient (Wildman–Crippen LogP) is 3.99. The molecule has 0 radical (unpaired) electrons. The molecule has 0 aliphatic rings. The fourth-order valence-corrected chi connectivity index (χ4v) is 2.42. The quantitative estimate of drug-likeness (QED) is 0.443. The molecule has 5 N–H and O–H groups in total. The van der Waals surface area contributed by atoms with Crippen LogP contribution in [0.1, 0.15) is 29.8 Å². The fourth-order valence-electron chi connectivity index (χ4n) is 2.26. The third-order valence-electron chi connectivity index (χ3n) is 3.50. The van der Waals surface area contributed by atoms with E-state index in [1.807, 2.05) is 6.92 Å². The lowest BCUT2D eigenvalue weighted by atomic mass is 9.99. The Kier molecular flexibility index (Phi) is 5.26. The number of aliphatic hydroxyl groups is 1. The largest absolute Gasteiger partial charge is 0.508 e. The number of hydrogen-bond donors (Lipinski definition) is 3. The Morgan fingerprint density at radius 1 is 1.38 bits per heavy atom. The van der Waals surface area contributed by atoms with E-state index in [9.17, 15) is 9.90 Å². The average Bonchev–Trinajstić information content (AvgIpc) is 2.54. The SMILES string of the molecule is C/C=C/C=C(O)\C(C)=C\c1c(N)c(C(N)=O)cc2cc(Cl)cnc12. The Labute approximate surface area is 144 Å². The number of fused-ring (bicyclic) bond motifs is 1. The highest BCUT2D eigenvalue weighted by Crippen LogP contribution is 2.30. The lowest BCUT2D eigenvalue weighted by molar-refractivity contribution is 0.100. The van der Waals surface area contributed by atoms with Gasteiger partial charge in [-0.1, -0.05) is 23.8 Å². The number of amides is 1. The number of allylic oxidation sites excluding steroid dienone is 4. The Morgan fingerprint density at radius 3 is 2.71 bits per heavy atom. The molecule has 1 amide bonds. The number of aromatic nitrogens is 1. The van der Waals surface area contributed by atoms with E-state index in [2.05, 4.69) is 4.98 Å². The molecule has 0 aliphatic heterocycles. The number of rotatable bonds is 4. The molecule has 1 aromatic carbocycles. The summed E-state index contributed by atoms with van der Waals surface area (Å²) in [7, 11) is 0. The van der Waals surface area contributed by atoms with E-state index in [1.165, 1.54) is 6.20 Å². The van der Waals surface area contributed by atoms with Crippen molar-refractivity contribution in [2.45, 2.75) is 13.8 Å². The minimum absolute atomic E-state index is 0.0825. The van der Waals surface area contributed by atoms with Crippen LogP contribution >= 0.6 is 11.6 Å². The molecular formula is C18H18ClN3O2. The summed E-state index contributed by atoms with van der Waals surface area (Å²) in [4.78, 5) is 16.0. The maximum Gasteiger partial charge on any atom is 0.250 e. The minimum atomic E-state index is -0.643. The van der Waals surface area contributed by atoms with Gasteiger partial charge in [0.2, 0.25) is 0 Å². The molecule has 24 heavy (non-hydrogen) atoms. The van der Waals surface area contributed by atoms with Gasteiger partial charge in [0.25, 0.3) is 5.91 Å². The van der Waals surface area contributed by atoms with Crippen LogP contribution in [-0.2, 0) is 0 Å². The molecule has 0 aliphatic carbocycles. The van der Waals surface area contributed by atoms with Crippen LogP contribution in [0, 0.1) is 0 Å². The molecule has 2 aromatic rings. The van der Waals surface area contributed by atoms with Crippen molar-refractivity contribution in [1.29, 1.82) is 0 Å². The number of nitrogen functional groups attached to an aromatic ring is 1. The number of pyridine rings is 1. The van der Waals surface area contributed by atoms with Crippen molar-refractivity contribution < 1.29 is 9.90 Å². The zero-order chi connectivity index (χ0) is 17.9. The van der Waals surface area contributed by atoms with Gasteiger partial charge in [0.05, 0.1) is 21.8 Å². The van der Waals surface area contributed by atoms with E-state index in [0.717, 1.165) is 0 Å². The van der Waals surface area contributed by atoms with Gasteiger partial charge in [-0.25, -0.2) is 0 Å². The van der Waals surface area contributed by atoms with Crippen LogP contribution < -0.4 is 11.5 Å². The van der Waals surface area contributed by atoms with Crippen molar-refractivity contribution in [2.24, 2.45) is 5.73 Å². The summed E-state index contributed by atoms with van der Waals surface area (Å²) in [5.41, 5.74) is 13.6. The van der Waals surface area contributed by atoms with Gasteiger partial charge < -0.3 is 16.6 Å². The molecule has 124 valence electrons. The first-order chi connectivity index (χ1) is 11.3. The van der Waals surface area contributed by atoms with Gasteiger partial charge in [0.15, 0.2) is 0 Å². The molecule has 6 heteroatoms. The Balaban J connectivity index is 2.76. The van der Waals surface area contributed by atoms with Crippen LogP contribution in [0.25, 0.3) is 17.0 Å². The van der Waals surface area contributed by atoms with Crippen molar-refractivity contribution >= 4 is 40.2 Å². The van der Waals surface area contributed by atoms with Gasteiger partial charge in [0.1, 0.15) is 5.76 Å². The van der Waals surface area contributed by atoms with E-state index in [1.54, 1.807) is 43.4 Å². The minimum Gasteiger partial charge on any atom is -0.508 e. The Morgan fingerprint density at radius 2 is 2.08 bits per heavy atom. The number of halogens is 1. The molecule has 1 aromatic heterocycles. The molecule has 0 unspecified atom stereocenters. The van der Waals surface area contributed by atoms with Gasteiger partial charge in [-0.3, -0.25) is 9.78 Å². The summed E-state index contributed by atoms with van der Waals surface area (Å²) in [5.74, 6) is -0.561. The highest BCUT2D eigenvalue weighted by Gasteiger charge is 2.15. The summed E-state index contributed by atoms with van der Waals surface area (Å²) < 4.78 is 0. The third kappa shape index (κ3) is 3.58. The Bertz CT molecular complexity index is 899. The van der Waals surface area contributed by atoms with Crippen molar-refractivity contribution in [1.82, 2.24) is 4.98 Å². The number of benzene rings is 1. The van der Waals surface area contributed by atoms with Crippen LogP contribution in [0.3, 0.4) is 0 Å². The maximum atomic E-state index is 11.7. The Hall–Kier alpha value is -2.79. The molecule has 0 atom stereocenters. The number of aliphatic hydroxyl groups excluding tert-OH is 1. The first-order valence-corrected chi connectivity index (χ1v) is 7.61. The third-order valence-corrected chi connectivity index (χ3v) is 3.70. The van der Waals surface area contributed by atoms with E-state index in [4.69, 9.17) is 23.1 Å². The maximum absolute atomic E-state index is 11.7. The van der Waals surface area contributed by atoms with Gasteiger partial charge >= 0.3 is 0 Å². The van der Waals surface area contributed by atoms with E-state index >= 15 is 0 Å². The molecule has 2 rings (SSSR count). The molecular weight excluding hydrogens is 326 g/mol. The van der Waals surface area contributed by atoms with Gasteiger partial charge in [-0.2, -0.15) is 0 Å². The first-order valence-electron chi connectivity index (χ1n) is 7.23. The van der Waals surface area contributed by atoms with Crippen molar-refractivity contribution in [3.8, 4) is 0 Å². The normalized spacial score (nSPS) is 13.0. The number of hydrogen-bond acceptors (Lipinski definition) is 4. The molecule has 1 heterocycles. The summed E-state index contributed by atoms with van der Waals surface area (Å²) in [5, 5.41) is 11.1. The summed E-state index contributed by atoms with van der Waals surface area (Å²) in [6.07, 6.45) is 8.23. The van der Waals surface area contributed by atoms with Gasteiger partial charge in [0, 0.05) is 17.1 Å². The first kappa shape index (κ1) is 17.6. The number of nitrogens with zero attached hydrogens (tertiary/aromatic N) is 1. The van der Waals surface area contributed by atoms with Crippen molar-refractivity contribution in [2.75, 3.05) is 5.73 Å². The monoisotopic (exact) mass is 343 g/mol. The highest BCUT2D eigenvalue weighted by molar-refractivity contribution is 6.31. The fraction of sp³-hybridized carbons (Fsp3) is 0.111. The highest BCUT2D eigenvalue weighted by atomic mass is 35.5. The summed E-state index contributed by atoms with van der Waals surface area (Å²) in [6, 6.07) is 3.24. The summed E-state index contributed by atoms with van der Waals surface area (Å²) >= 11 is 5.97. The number of anilines is 1. The van der Waals surface area contributed by atoms with E-state index in [0.29, 0.717) is 27.1 Å². The zero-order valence-corrected chi connectivity index (χ0v) is 14.1. The second-order valence-corrected chi connectivity index (χ2v) is 5.68. The molecule has 0 fully saturated rings. The zero-order valence-electron chi connectivity index (χ0n) is 13.4. The topological polar surface area (TPSA) is 102 Å². The average molecular weight is 344 g/mol. The molecule has 0 saturated heterocycles. The van der Waals surface area contributed by atoms with Crippen LogP contribution in [-0.4, -0.2) is 16.0 Å². The second kappa shape index (κ2) is 7.19. The van der Waals surface area contributed by atoms with Crippen molar-refractivity contribution in [3.63, 3.8) is 0 Å². The number of nitrogens with two attached hydrogens (primary N) is 2. The number of carbonyl (C=O) groups is 1. The molecule has 5 nitrogen and oxygen atoms in total. The second-order valence-electron chi connectivity index (χ2n) is 5.25. The summed E-state index contributed by atoms with van der Waals surface area (Å²) in [6.45, 7) is 3.58. The van der Waals surface area contributed by atoms with Crippen LogP contribution in [0.2, 0.25) is 5.02 Å². The van der Waals surface area contributed by atoms with Gasteiger partial charge in [-0.05, 0) is 43.7 Å². The lowest BCUT2D eigenvalue weighted by Gasteiger charge is -2.11. The van der Waals surface area contributed by atoms with E-state index < -0.39 is 5.91 Å². The number of carbonyl (C=O) groups excluding carboxylic acids is 1. The smallest absolute Gasteiger partial charge is 0.250 e. The van der Waals surface area contributed by atoms with Crippen molar-refractivity contribution in [3.05, 3.63) is 64.0 Å². The predicted molar refractivity (Wildman–Crippen MR) is 98.9 cm³/mol. The number of primary amides is 1. The lowest BCUT2D eigenvalue weighted by Crippen LogP contribution is -2.14. The van der Waals surface area contributed by atoms with Gasteiger partial charge in [-0.15, -0.1) is 0 Å². The van der Waals surface area contributed by atoms with Crippen LogP contribution in [0.5, 0.6) is 0 Å². The molecule has 0 bridgehead atoms. The van der Waals surface area contributed by atoms with Crippen LogP contribution in [0.15, 0.2) is 47.9 Å². The molecule has 0 saturated carbocycles. The van der Waals surface area contributed by atoms with E-state index in [-0.39, 0.29) is 17.0 Å². The molecule has 0 spiro atoms. The standard InChI is InChI=1S/C18H18ClN3O2/c1-3-4-5-15(23)10(2)6-13-16(20)14(18(21)24)8-11-7-12(19)9-22-17(11)13/h3-9,23H,20H2,1-2H3,(H2,21,24)/b4-3+,10-6+,15-5+. The van der Waals surface area contributed by atoms with Crippen LogP contribution in [0.4, 0.5) is 5.69 Å².